The van der Waals surface area contributed by atoms with Gasteiger partial charge in [0.15, 0.2) is 5.69 Å². The first-order valence-electron chi connectivity index (χ1n) is 11.8. The van der Waals surface area contributed by atoms with Crippen LogP contribution in [0.3, 0.4) is 0 Å². The van der Waals surface area contributed by atoms with E-state index in [2.05, 4.69) is 60.3 Å². The number of carbonyl (C=O) groups excluding carboxylic acids is 1. The predicted octanol–water partition coefficient (Wildman–Crippen LogP) is 2.35. The number of carbonyl (C=O) groups is 1. The first-order chi connectivity index (χ1) is 17.6. The SMILES string of the molecule is Cc1ccc(/C=N/NC(=O)c2nnn(-c3nonc3N)c2CN2CCC(Cc3ccccc3)CC2)o1. The molecule has 0 saturated carbocycles. The van der Waals surface area contributed by atoms with Gasteiger partial charge in [-0.05, 0) is 73.2 Å². The summed E-state index contributed by atoms with van der Waals surface area (Å²) in [5.74, 6) is 1.62. The lowest BCUT2D eigenvalue weighted by Crippen LogP contribution is -2.35. The Morgan fingerprint density at radius 3 is 2.69 bits per heavy atom. The highest BCUT2D eigenvalue weighted by Gasteiger charge is 2.27. The minimum Gasteiger partial charge on any atom is -0.460 e. The number of anilines is 1. The molecule has 0 atom stereocenters. The number of aromatic nitrogens is 5. The van der Waals surface area contributed by atoms with Gasteiger partial charge in [0.1, 0.15) is 11.5 Å². The van der Waals surface area contributed by atoms with Gasteiger partial charge in [-0.2, -0.15) is 9.78 Å². The molecule has 4 aromatic rings. The van der Waals surface area contributed by atoms with E-state index in [4.69, 9.17) is 14.8 Å². The lowest BCUT2D eigenvalue weighted by atomic mass is 9.90. The van der Waals surface area contributed by atoms with Gasteiger partial charge in [-0.1, -0.05) is 35.5 Å². The smallest absolute Gasteiger partial charge is 0.293 e. The number of hydrogen-bond acceptors (Lipinski definition) is 10. The summed E-state index contributed by atoms with van der Waals surface area (Å²) in [4.78, 5) is 15.2. The van der Waals surface area contributed by atoms with Crippen molar-refractivity contribution >= 4 is 17.9 Å². The van der Waals surface area contributed by atoms with Crippen molar-refractivity contribution in [3.63, 3.8) is 0 Å². The molecule has 3 N–H and O–H groups in total. The van der Waals surface area contributed by atoms with Crippen molar-refractivity contribution in [3.8, 4) is 5.82 Å². The van der Waals surface area contributed by atoms with Crippen molar-refractivity contribution in [1.82, 2.24) is 35.6 Å². The van der Waals surface area contributed by atoms with E-state index < -0.39 is 5.91 Å². The van der Waals surface area contributed by atoms with E-state index >= 15 is 0 Å². The van der Waals surface area contributed by atoms with E-state index in [1.165, 1.54) is 16.5 Å². The number of amides is 1. The van der Waals surface area contributed by atoms with Crippen LogP contribution in [0.25, 0.3) is 5.82 Å². The first kappa shape index (κ1) is 23.4. The molecule has 1 saturated heterocycles. The quantitative estimate of drug-likeness (QED) is 0.280. The molecule has 12 nitrogen and oxygen atoms in total. The van der Waals surface area contributed by atoms with Crippen LogP contribution < -0.4 is 11.2 Å². The van der Waals surface area contributed by atoms with Gasteiger partial charge >= 0.3 is 0 Å². The highest BCUT2D eigenvalue weighted by atomic mass is 16.6. The minimum atomic E-state index is -0.509. The van der Waals surface area contributed by atoms with Gasteiger partial charge < -0.3 is 10.2 Å². The molecule has 0 radical (unpaired) electrons. The first-order valence-corrected chi connectivity index (χ1v) is 11.8. The average Bonchev–Trinajstić information content (AvgIpc) is 3.61. The number of nitrogens with two attached hydrogens (primary N) is 1. The lowest BCUT2D eigenvalue weighted by molar-refractivity contribution is 0.0946. The van der Waals surface area contributed by atoms with E-state index in [1.807, 2.05) is 19.1 Å². The highest BCUT2D eigenvalue weighted by Crippen LogP contribution is 2.24. The minimum absolute atomic E-state index is 0.0564. The third kappa shape index (κ3) is 5.33. The Labute approximate surface area is 207 Å². The maximum atomic E-state index is 12.9. The van der Waals surface area contributed by atoms with Crippen molar-refractivity contribution in [3.05, 3.63) is 70.9 Å². The number of aryl methyl sites for hydroxylation is 1. The Hall–Kier alpha value is -4.32. The Morgan fingerprint density at radius 1 is 1.19 bits per heavy atom. The predicted molar refractivity (Wildman–Crippen MR) is 130 cm³/mol. The fraction of sp³-hybridized carbons (Fsp3) is 0.333. The Balaban J connectivity index is 1.29. The largest absolute Gasteiger partial charge is 0.460 e. The number of hydrogen-bond donors (Lipinski definition) is 2. The second-order valence-corrected chi connectivity index (χ2v) is 8.83. The molecule has 1 aromatic carbocycles. The maximum absolute atomic E-state index is 12.9. The van der Waals surface area contributed by atoms with Gasteiger partial charge in [-0.25, -0.2) is 10.1 Å². The van der Waals surface area contributed by atoms with E-state index in [-0.39, 0.29) is 17.3 Å². The molecule has 36 heavy (non-hydrogen) atoms. The van der Waals surface area contributed by atoms with Gasteiger partial charge in [0.25, 0.3) is 5.91 Å². The topological polar surface area (TPSA) is 153 Å². The molecule has 1 aliphatic rings. The van der Waals surface area contributed by atoms with Crippen LogP contribution in [0.1, 0.15) is 46.1 Å². The number of piperidine rings is 1. The number of furan rings is 1. The fourth-order valence-electron chi connectivity index (χ4n) is 4.37. The molecule has 0 aliphatic carbocycles. The van der Waals surface area contributed by atoms with Gasteiger partial charge in [-0.3, -0.25) is 9.69 Å². The summed E-state index contributed by atoms with van der Waals surface area (Å²) in [6.45, 7) is 4.02. The zero-order valence-electron chi connectivity index (χ0n) is 19.9. The summed E-state index contributed by atoms with van der Waals surface area (Å²) in [6.07, 6.45) is 4.60. The van der Waals surface area contributed by atoms with E-state index in [0.717, 1.165) is 38.1 Å². The zero-order valence-corrected chi connectivity index (χ0v) is 19.9. The summed E-state index contributed by atoms with van der Waals surface area (Å²) in [6, 6.07) is 14.1. The van der Waals surface area contributed by atoms with E-state index in [1.54, 1.807) is 6.07 Å². The zero-order chi connectivity index (χ0) is 24.9. The molecule has 1 aliphatic heterocycles. The second-order valence-electron chi connectivity index (χ2n) is 8.83. The molecular weight excluding hydrogens is 462 g/mol. The molecule has 0 bridgehead atoms. The van der Waals surface area contributed by atoms with E-state index in [9.17, 15) is 4.79 Å². The van der Waals surface area contributed by atoms with Crippen molar-refractivity contribution in [1.29, 1.82) is 0 Å². The second kappa shape index (κ2) is 10.5. The Kier molecular flexibility index (Phi) is 6.85. The van der Waals surface area contributed by atoms with Crippen molar-refractivity contribution in [2.24, 2.45) is 11.0 Å². The number of likely N-dealkylation sites (tertiary alicyclic amines) is 1. The number of nitrogens with one attached hydrogen (secondary N) is 1. The van der Waals surface area contributed by atoms with Gasteiger partial charge in [0, 0.05) is 6.54 Å². The molecule has 186 valence electrons. The maximum Gasteiger partial charge on any atom is 0.293 e. The Morgan fingerprint density at radius 2 is 2.00 bits per heavy atom. The van der Waals surface area contributed by atoms with Gasteiger partial charge in [-0.15, -0.1) is 5.10 Å². The molecule has 1 fully saturated rings. The Bertz CT molecular complexity index is 1330. The van der Waals surface area contributed by atoms with Crippen LogP contribution in [0.2, 0.25) is 0 Å². The van der Waals surface area contributed by atoms with Crippen LogP contribution in [0, 0.1) is 12.8 Å². The molecular formula is C24H27N9O3. The number of hydrazone groups is 1. The van der Waals surface area contributed by atoms with Crippen molar-refractivity contribution < 1.29 is 13.8 Å². The number of benzene rings is 1. The average molecular weight is 490 g/mol. The monoisotopic (exact) mass is 489 g/mol. The summed E-state index contributed by atoms with van der Waals surface area (Å²) < 4.78 is 11.6. The number of nitrogens with zero attached hydrogens (tertiary/aromatic N) is 7. The van der Waals surface area contributed by atoms with Crippen molar-refractivity contribution in [2.75, 3.05) is 18.8 Å². The van der Waals surface area contributed by atoms with Crippen LogP contribution >= 0.6 is 0 Å². The molecule has 3 aromatic heterocycles. The molecule has 0 spiro atoms. The molecule has 0 unspecified atom stereocenters. The normalized spacial score (nSPS) is 15.0. The summed E-state index contributed by atoms with van der Waals surface area (Å²) in [5, 5.41) is 19.6. The van der Waals surface area contributed by atoms with Crippen LogP contribution in [0.15, 0.2) is 56.6 Å². The van der Waals surface area contributed by atoms with Gasteiger partial charge in [0.05, 0.1) is 11.9 Å². The van der Waals surface area contributed by atoms with Crippen LogP contribution in [0.4, 0.5) is 5.82 Å². The fourth-order valence-corrected chi connectivity index (χ4v) is 4.37. The standard InChI is InChI=1S/C24H27N9O3/c1-16-7-8-19(35-16)14-26-28-24(34)21-20(33(31-27-21)23-22(25)29-36-30-23)15-32-11-9-18(10-12-32)13-17-5-3-2-4-6-17/h2-8,14,18H,9-13,15H2,1H3,(H2,25,29)(H,28,34)/b26-14+. The third-order valence-electron chi connectivity index (χ3n) is 6.24. The van der Waals surface area contributed by atoms with Crippen LogP contribution in [-0.4, -0.2) is 55.4 Å². The summed E-state index contributed by atoms with van der Waals surface area (Å²) in [5.41, 5.74) is 10.4. The number of rotatable bonds is 8. The molecule has 12 heteroatoms. The van der Waals surface area contributed by atoms with E-state index in [0.29, 0.717) is 23.9 Å². The molecule has 4 heterocycles. The molecule has 1 amide bonds. The van der Waals surface area contributed by atoms with Gasteiger partial charge in [0.2, 0.25) is 11.6 Å². The van der Waals surface area contributed by atoms with Crippen LogP contribution in [-0.2, 0) is 13.0 Å². The number of nitrogen functional groups attached to an aromatic ring is 1. The van der Waals surface area contributed by atoms with Crippen LogP contribution in [0.5, 0.6) is 0 Å². The highest BCUT2D eigenvalue weighted by molar-refractivity contribution is 5.94. The lowest BCUT2D eigenvalue weighted by Gasteiger charge is -2.32. The van der Waals surface area contributed by atoms with Crippen molar-refractivity contribution in [2.45, 2.75) is 32.7 Å². The third-order valence-corrected chi connectivity index (χ3v) is 6.24. The summed E-state index contributed by atoms with van der Waals surface area (Å²) in [7, 11) is 0. The molecule has 5 rings (SSSR count). The summed E-state index contributed by atoms with van der Waals surface area (Å²) >= 11 is 0.